The number of carbonyl (C=O) groups excluding carboxylic acids is 1. The molecule has 5 heterocycles. The topological polar surface area (TPSA) is 93.7 Å². The Morgan fingerprint density at radius 2 is 1.78 bits per heavy atom. The van der Waals surface area contributed by atoms with Crippen LogP contribution in [0.4, 0.5) is 24.9 Å². The predicted molar refractivity (Wildman–Crippen MR) is 183 cm³/mol. The standard InChI is InChI=1S/C36H41F3N8O2/c1-4-28(48)47-19-35(20-47)9-11-45(12-10-35)33-25-17-24(23-6-7-23)30(29-22(2)5-8-27-26(29)18-40-43-27)32(49-21-36(37,38)39)31(25)41-34(42-33)46-15-13-44(3)14-16-46/h4-5,8,17-18,23H,1,6-7,9-16,19-21H2,2-3H3,(H,40,43). The lowest BCUT2D eigenvalue weighted by molar-refractivity contribution is -0.153. The smallest absolute Gasteiger partial charge is 0.422 e. The second-order valence-electron chi connectivity index (χ2n) is 14.4. The minimum Gasteiger partial charge on any atom is -0.481 e. The quantitative estimate of drug-likeness (QED) is 0.251. The average molecular weight is 675 g/mol. The number of ether oxygens (including phenoxy) is 1. The molecule has 1 saturated carbocycles. The molecule has 1 aliphatic carbocycles. The van der Waals surface area contributed by atoms with Crippen molar-refractivity contribution in [1.29, 1.82) is 0 Å². The normalized spacial score (nSPS) is 19.9. The highest BCUT2D eigenvalue weighted by Gasteiger charge is 2.46. The maximum absolute atomic E-state index is 14.0. The molecule has 4 aliphatic rings. The molecule has 0 atom stereocenters. The highest BCUT2D eigenvalue weighted by molar-refractivity contribution is 6.06. The van der Waals surface area contributed by atoms with Crippen molar-refractivity contribution >= 4 is 39.5 Å². The number of piperazine rings is 1. The summed E-state index contributed by atoms with van der Waals surface area (Å²) in [5.41, 5.74) is 4.63. The number of carbonyl (C=O) groups is 1. The first-order valence-electron chi connectivity index (χ1n) is 17.1. The third kappa shape index (κ3) is 5.85. The summed E-state index contributed by atoms with van der Waals surface area (Å²) in [6, 6.07) is 6.04. The number of fused-ring (bicyclic) bond motifs is 2. The number of rotatable bonds is 7. The number of aromatic amines is 1. The minimum absolute atomic E-state index is 0.0391. The van der Waals surface area contributed by atoms with Crippen LogP contribution in [0, 0.1) is 12.3 Å². The number of H-pyrrole nitrogens is 1. The van der Waals surface area contributed by atoms with Crippen LogP contribution >= 0.6 is 0 Å². The van der Waals surface area contributed by atoms with E-state index in [2.05, 4.69) is 44.6 Å². The Kier molecular flexibility index (Phi) is 7.73. The molecule has 0 bridgehead atoms. The van der Waals surface area contributed by atoms with Gasteiger partial charge in [-0.25, -0.2) is 4.98 Å². The number of alkyl halides is 3. The van der Waals surface area contributed by atoms with Gasteiger partial charge >= 0.3 is 6.18 Å². The van der Waals surface area contributed by atoms with E-state index < -0.39 is 12.8 Å². The van der Waals surface area contributed by atoms with Crippen LogP contribution in [0.25, 0.3) is 32.9 Å². The van der Waals surface area contributed by atoms with E-state index in [4.69, 9.17) is 14.7 Å². The van der Waals surface area contributed by atoms with Crippen LogP contribution in [0.3, 0.4) is 0 Å². The van der Waals surface area contributed by atoms with E-state index in [1.54, 1.807) is 6.20 Å². The molecule has 8 rings (SSSR count). The molecular weight excluding hydrogens is 633 g/mol. The number of anilines is 2. The third-order valence-electron chi connectivity index (χ3n) is 10.9. The summed E-state index contributed by atoms with van der Waals surface area (Å²) in [6.45, 7) is 10.1. The predicted octanol–water partition coefficient (Wildman–Crippen LogP) is 5.67. The summed E-state index contributed by atoms with van der Waals surface area (Å²) in [5, 5.41) is 8.85. The maximum atomic E-state index is 14.0. The molecule has 4 aromatic rings. The molecule has 10 nitrogen and oxygen atoms in total. The first-order chi connectivity index (χ1) is 23.5. The molecule has 0 unspecified atom stereocenters. The molecule has 49 heavy (non-hydrogen) atoms. The summed E-state index contributed by atoms with van der Waals surface area (Å²) < 4.78 is 47.9. The zero-order valence-corrected chi connectivity index (χ0v) is 27.9. The van der Waals surface area contributed by atoms with Gasteiger partial charge in [-0.2, -0.15) is 23.3 Å². The van der Waals surface area contributed by atoms with E-state index in [1.807, 2.05) is 24.0 Å². The van der Waals surface area contributed by atoms with Crippen LogP contribution in [-0.4, -0.2) is 108 Å². The molecule has 3 saturated heterocycles. The van der Waals surface area contributed by atoms with Crippen molar-refractivity contribution in [3.8, 4) is 16.9 Å². The lowest BCUT2D eigenvalue weighted by Crippen LogP contribution is -2.61. The van der Waals surface area contributed by atoms with E-state index >= 15 is 0 Å². The number of piperidine rings is 1. The lowest BCUT2D eigenvalue weighted by Gasteiger charge is -2.54. The van der Waals surface area contributed by atoms with Crippen molar-refractivity contribution in [2.75, 3.05) is 75.8 Å². The largest absolute Gasteiger partial charge is 0.481 e. The van der Waals surface area contributed by atoms with E-state index in [1.165, 1.54) is 6.08 Å². The number of likely N-dealkylation sites (tertiary alicyclic amines) is 1. The monoisotopic (exact) mass is 674 g/mol. The summed E-state index contributed by atoms with van der Waals surface area (Å²) in [5.74, 6) is 1.53. The highest BCUT2D eigenvalue weighted by atomic mass is 19.4. The average Bonchev–Trinajstić information content (AvgIpc) is 3.81. The zero-order valence-electron chi connectivity index (χ0n) is 27.9. The molecule has 2 aromatic carbocycles. The van der Waals surface area contributed by atoms with E-state index in [-0.39, 0.29) is 23.0 Å². The van der Waals surface area contributed by atoms with Crippen LogP contribution in [0.1, 0.15) is 42.7 Å². The number of hydrogen-bond donors (Lipinski definition) is 1. The van der Waals surface area contributed by atoms with Crippen molar-refractivity contribution in [2.45, 2.75) is 44.7 Å². The Morgan fingerprint density at radius 1 is 1.04 bits per heavy atom. The van der Waals surface area contributed by atoms with Gasteiger partial charge in [0.05, 0.1) is 11.7 Å². The second-order valence-corrected chi connectivity index (χ2v) is 14.4. The summed E-state index contributed by atoms with van der Waals surface area (Å²) in [6.07, 6.45) is 2.22. The Balaban J connectivity index is 1.31. The Hall–Kier alpha value is -4.39. The van der Waals surface area contributed by atoms with Gasteiger partial charge in [-0.3, -0.25) is 9.89 Å². The molecule has 258 valence electrons. The number of amides is 1. The van der Waals surface area contributed by atoms with Crippen LogP contribution in [0.2, 0.25) is 0 Å². The van der Waals surface area contributed by atoms with Gasteiger partial charge in [0.1, 0.15) is 11.3 Å². The zero-order chi connectivity index (χ0) is 34.1. The number of hydrogen-bond acceptors (Lipinski definition) is 8. The van der Waals surface area contributed by atoms with Crippen molar-refractivity contribution in [2.24, 2.45) is 5.41 Å². The number of aromatic nitrogens is 4. The van der Waals surface area contributed by atoms with Gasteiger partial charge in [0.2, 0.25) is 11.9 Å². The fourth-order valence-electron chi connectivity index (χ4n) is 7.90. The first kappa shape index (κ1) is 31.9. The lowest BCUT2D eigenvalue weighted by atomic mass is 9.72. The molecule has 1 amide bonds. The Labute approximate surface area is 282 Å². The van der Waals surface area contributed by atoms with Gasteiger partial charge in [0, 0.05) is 74.1 Å². The van der Waals surface area contributed by atoms with Crippen LogP contribution in [-0.2, 0) is 4.79 Å². The summed E-state index contributed by atoms with van der Waals surface area (Å²) in [7, 11) is 2.07. The van der Waals surface area contributed by atoms with Crippen LogP contribution < -0.4 is 14.5 Å². The molecule has 1 N–H and O–H groups in total. The van der Waals surface area contributed by atoms with Crippen molar-refractivity contribution in [3.63, 3.8) is 0 Å². The van der Waals surface area contributed by atoms with E-state index in [0.29, 0.717) is 48.6 Å². The molecule has 3 aliphatic heterocycles. The van der Waals surface area contributed by atoms with Gasteiger partial charge in [-0.05, 0) is 80.5 Å². The van der Waals surface area contributed by atoms with Gasteiger partial charge in [-0.1, -0.05) is 12.6 Å². The first-order valence-corrected chi connectivity index (χ1v) is 17.1. The third-order valence-corrected chi connectivity index (χ3v) is 10.9. The van der Waals surface area contributed by atoms with Crippen LogP contribution in [0.15, 0.2) is 37.1 Å². The number of aryl methyl sites for hydroxylation is 1. The fourth-order valence-corrected chi connectivity index (χ4v) is 7.90. The SMILES string of the molecule is C=CC(=O)N1CC2(CCN(c3nc(N4CCN(C)CC4)nc4c(OCC(F)(F)F)c(-c5c(C)ccc6[nH]ncc56)c(C5CC5)cc34)CC2)C1. The molecule has 0 radical (unpaired) electrons. The van der Waals surface area contributed by atoms with Crippen molar-refractivity contribution < 1.29 is 22.7 Å². The van der Waals surface area contributed by atoms with Gasteiger partial charge in [0.15, 0.2) is 12.4 Å². The highest BCUT2D eigenvalue weighted by Crippen LogP contribution is 2.53. The molecule has 4 fully saturated rings. The van der Waals surface area contributed by atoms with Crippen LogP contribution in [0.5, 0.6) is 5.75 Å². The van der Waals surface area contributed by atoms with Gasteiger partial charge in [0.25, 0.3) is 0 Å². The summed E-state index contributed by atoms with van der Waals surface area (Å²) >= 11 is 0. The molecule has 1 spiro atoms. The minimum atomic E-state index is -4.54. The van der Waals surface area contributed by atoms with E-state index in [9.17, 15) is 18.0 Å². The van der Waals surface area contributed by atoms with Gasteiger partial charge < -0.3 is 24.3 Å². The summed E-state index contributed by atoms with van der Waals surface area (Å²) in [4.78, 5) is 31.0. The number of benzene rings is 2. The fraction of sp³-hybridized carbons (Fsp3) is 0.500. The molecular formula is C36H41F3N8O2. The number of halogens is 3. The Bertz CT molecular complexity index is 1930. The van der Waals surface area contributed by atoms with Crippen molar-refractivity contribution in [3.05, 3.63) is 48.2 Å². The second kappa shape index (κ2) is 11.9. The Morgan fingerprint density at radius 3 is 2.45 bits per heavy atom. The molecule has 13 heteroatoms. The number of nitrogens with one attached hydrogen (secondary N) is 1. The number of likely N-dealkylation sites (N-methyl/N-ethyl adjacent to an activating group) is 1. The maximum Gasteiger partial charge on any atom is 0.422 e. The number of nitrogens with zero attached hydrogens (tertiary/aromatic N) is 7. The molecule has 2 aromatic heterocycles. The van der Waals surface area contributed by atoms with E-state index in [0.717, 1.165) is 85.3 Å². The van der Waals surface area contributed by atoms with Gasteiger partial charge in [-0.15, -0.1) is 0 Å². The van der Waals surface area contributed by atoms with Crippen molar-refractivity contribution in [1.82, 2.24) is 30.0 Å².